The molecule has 0 amide bonds. The van der Waals surface area contributed by atoms with Crippen LogP contribution in [0.25, 0.3) is 0 Å². The fourth-order valence-corrected chi connectivity index (χ4v) is 4.35. The van der Waals surface area contributed by atoms with E-state index in [0.717, 1.165) is 18.4 Å². The summed E-state index contributed by atoms with van der Waals surface area (Å²) in [6, 6.07) is 7.45. The number of halogens is 1. The van der Waals surface area contributed by atoms with Crippen molar-refractivity contribution in [3.63, 3.8) is 0 Å². The summed E-state index contributed by atoms with van der Waals surface area (Å²) in [6.07, 6.45) is 5.05. The molecule has 0 atom stereocenters. The highest BCUT2D eigenvalue weighted by Crippen LogP contribution is 2.34. The van der Waals surface area contributed by atoms with Gasteiger partial charge >= 0.3 is 0 Å². The molecule has 4 nitrogen and oxygen atoms in total. The van der Waals surface area contributed by atoms with Crippen molar-refractivity contribution in [2.45, 2.75) is 37.2 Å². The maximum Gasteiger partial charge on any atom is 0.243 e. The first-order valence-electron chi connectivity index (χ1n) is 7.15. The Hall–Kier alpha value is -1.79. The minimum atomic E-state index is -3.64. The third kappa shape index (κ3) is 3.03. The van der Waals surface area contributed by atoms with E-state index < -0.39 is 15.8 Å². The van der Waals surface area contributed by atoms with E-state index in [2.05, 4.69) is 4.98 Å². The Morgan fingerprint density at radius 3 is 2.68 bits per heavy atom. The number of benzene rings is 1. The Labute approximate surface area is 129 Å². The average Bonchev–Trinajstić information content (AvgIpc) is 3.29. The standard InChI is InChI=1S/C16H17FN2O2S/c1-12-9-14(17)4-7-16(12)22(20,21)19(15-5-6-15)11-13-3-2-8-18-10-13/h2-4,7-10,15H,5-6,11H2,1H3. The van der Waals surface area contributed by atoms with Gasteiger partial charge in [-0.05, 0) is 55.2 Å². The van der Waals surface area contributed by atoms with Gasteiger partial charge in [0.15, 0.2) is 0 Å². The van der Waals surface area contributed by atoms with Crippen molar-refractivity contribution in [1.29, 1.82) is 0 Å². The summed E-state index contributed by atoms with van der Waals surface area (Å²) in [6.45, 7) is 1.91. The molecule has 0 unspecified atom stereocenters. The van der Waals surface area contributed by atoms with Crippen LogP contribution in [0.15, 0.2) is 47.6 Å². The largest absolute Gasteiger partial charge is 0.264 e. The van der Waals surface area contributed by atoms with E-state index in [9.17, 15) is 12.8 Å². The van der Waals surface area contributed by atoms with Crippen molar-refractivity contribution >= 4 is 10.0 Å². The van der Waals surface area contributed by atoms with E-state index in [4.69, 9.17) is 0 Å². The summed E-state index contributed by atoms with van der Waals surface area (Å²) in [5, 5.41) is 0. The summed E-state index contributed by atoms with van der Waals surface area (Å²) in [5.74, 6) is -0.429. The van der Waals surface area contributed by atoms with Crippen LogP contribution in [-0.2, 0) is 16.6 Å². The zero-order chi connectivity index (χ0) is 15.7. The molecular weight excluding hydrogens is 303 g/mol. The first-order valence-corrected chi connectivity index (χ1v) is 8.59. The zero-order valence-electron chi connectivity index (χ0n) is 12.2. The van der Waals surface area contributed by atoms with Crippen LogP contribution in [0.1, 0.15) is 24.0 Å². The quantitative estimate of drug-likeness (QED) is 0.851. The highest BCUT2D eigenvalue weighted by molar-refractivity contribution is 7.89. The lowest BCUT2D eigenvalue weighted by molar-refractivity contribution is 0.398. The molecule has 0 aliphatic heterocycles. The SMILES string of the molecule is Cc1cc(F)ccc1S(=O)(=O)N(Cc1cccnc1)C1CC1. The number of nitrogens with zero attached hydrogens (tertiary/aromatic N) is 2. The minimum absolute atomic E-state index is 0.0228. The summed E-state index contributed by atoms with van der Waals surface area (Å²) in [5.41, 5.74) is 1.27. The predicted molar refractivity (Wildman–Crippen MR) is 81.1 cm³/mol. The molecule has 1 aromatic carbocycles. The molecule has 2 aromatic rings. The highest BCUT2D eigenvalue weighted by atomic mass is 32.2. The average molecular weight is 320 g/mol. The van der Waals surface area contributed by atoms with Gasteiger partial charge in [-0.15, -0.1) is 0 Å². The number of hydrogen-bond donors (Lipinski definition) is 0. The second-order valence-electron chi connectivity index (χ2n) is 5.55. The van der Waals surface area contributed by atoms with Crippen molar-refractivity contribution in [2.24, 2.45) is 0 Å². The number of pyridine rings is 1. The first kappa shape index (κ1) is 15.1. The number of sulfonamides is 1. The Balaban J connectivity index is 1.96. The molecule has 1 heterocycles. The Bertz CT molecular complexity index is 774. The van der Waals surface area contributed by atoms with Crippen LogP contribution in [-0.4, -0.2) is 23.7 Å². The Morgan fingerprint density at radius 1 is 1.32 bits per heavy atom. The maximum atomic E-state index is 13.2. The number of rotatable bonds is 5. The molecule has 0 saturated heterocycles. The van der Waals surface area contributed by atoms with Crippen LogP contribution < -0.4 is 0 Å². The van der Waals surface area contributed by atoms with Gasteiger partial charge in [0.25, 0.3) is 0 Å². The molecule has 0 N–H and O–H groups in total. The maximum absolute atomic E-state index is 13.2. The zero-order valence-corrected chi connectivity index (χ0v) is 13.1. The minimum Gasteiger partial charge on any atom is -0.264 e. The topological polar surface area (TPSA) is 50.3 Å². The van der Waals surface area contributed by atoms with E-state index in [1.807, 2.05) is 6.07 Å². The lowest BCUT2D eigenvalue weighted by atomic mass is 10.2. The van der Waals surface area contributed by atoms with Gasteiger partial charge in [-0.3, -0.25) is 4.98 Å². The molecule has 22 heavy (non-hydrogen) atoms. The van der Waals surface area contributed by atoms with Gasteiger partial charge in [-0.1, -0.05) is 6.07 Å². The van der Waals surface area contributed by atoms with Gasteiger partial charge in [0.2, 0.25) is 10.0 Å². The summed E-state index contributed by atoms with van der Waals surface area (Å²) < 4.78 is 40.6. The van der Waals surface area contributed by atoms with Crippen LogP contribution in [0.4, 0.5) is 4.39 Å². The molecule has 0 spiro atoms. The third-order valence-electron chi connectivity index (χ3n) is 3.74. The van der Waals surface area contributed by atoms with E-state index in [1.54, 1.807) is 25.4 Å². The van der Waals surface area contributed by atoms with Crippen molar-refractivity contribution in [1.82, 2.24) is 9.29 Å². The molecular formula is C16H17FN2O2S. The lowest BCUT2D eigenvalue weighted by Gasteiger charge is -2.23. The van der Waals surface area contributed by atoms with E-state index in [0.29, 0.717) is 5.56 Å². The second-order valence-corrected chi connectivity index (χ2v) is 7.41. The molecule has 1 aliphatic carbocycles. The normalized spacial score (nSPS) is 15.2. The first-order chi connectivity index (χ1) is 10.5. The van der Waals surface area contributed by atoms with E-state index in [-0.39, 0.29) is 17.5 Å². The van der Waals surface area contributed by atoms with Crippen LogP contribution in [0.5, 0.6) is 0 Å². The van der Waals surface area contributed by atoms with E-state index in [1.165, 1.54) is 22.5 Å². The molecule has 0 radical (unpaired) electrons. The smallest absolute Gasteiger partial charge is 0.243 e. The highest BCUT2D eigenvalue weighted by Gasteiger charge is 2.38. The van der Waals surface area contributed by atoms with Gasteiger partial charge in [0.1, 0.15) is 5.82 Å². The molecule has 6 heteroatoms. The molecule has 1 aliphatic rings. The van der Waals surface area contributed by atoms with Gasteiger partial charge in [-0.2, -0.15) is 4.31 Å². The number of hydrogen-bond acceptors (Lipinski definition) is 3. The molecule has 116 valence electrons. The second kappa shape index (κ2) is 5.78. The van der Waals surface area contributed by atoms with E-state index >= 15 is 0 Å². The fraction of sp³-hybridized carbons (Fsp3) is 0.312. The van der Waals surface area contributed by atoms with Crippen molar-refractivity contribution in [2.75, 3.05) is 0 Å². The molecule has 1 aromatic heterocycles. The third-order valence-corrected chi connectivity index (χ3v) is 5.80. The van der Waals surface area contributed by atoms with Gasteiger partial charge < -0.3 is 0 Å². The van der Waals surface area contributed by atoms with Crippen LogP contribution >= 0.6 is 0 Å². The summed E-state index contributed by atoms with van der Waals surface area (Å²) in [4.78, 5) is 4.20. The molecule has 0 bridgehead atoms. The van der Waals surface area contributed by atoms with Crippen molar-refractivity contribution in [3.8, 4) is 0 Å². The Kier molecular flexibility index (Phi) is 3.97. The van der Waals surface area contributed by atoms with Gasteiger partial charge in [0, 0.05) is 25.0 Å². The summed E-state index contributed by atoms with van der Waals surface area (Å²) >= 11 is 0. The van der Waals surface area contributed by atoms with Crippen molar-refractivity contribution < 1.29 is 12.8 Å². The van der Waals surface area contributed by atoms with Crippen LogP contribution in [0, 0.1) is 12.7 Å². The molecule has 3 rings (SSSR count). The fourth-order valence-electron chi connectivity index (χ4n) is 2.47. The van der Waals surface area contributed by atoms with Crippen molar-refractivity contribution in [3.05, 3.63) is 59.7 Å². The predicted octanol–water partition coefficient (Wildman–Crippen LogP) is 2.88. The molecule has 1 fully saturated rings. The van der Waals surface area contributed by atoms with Crippen LogP contribution in [0.3, 0.4) is 0 Å². The molecule has 1 saturated carbocycles. The Morgan fingerprint density at radius 2 is 2.09 bits per heavy atom. The number of aromatic nitrogens is 1. The monoisotopic (exact) mass is 320 g/mol. The number of aryl methyl sites for hydroxylation is 1. The summed E-state index contributed by atoms with van der Waals surface area (Å²) in [7, 11) is -3.64. The van der Waals surface area contributed by atoms with Gasteiger partial charge in [0.05, 0.1) is 4.90 Å². The lowest BCUT2D eigenvalue weighted by Crippen LogP contribution is -2.33. The van der Waals surface area contributed by atoms with Crippen LogP contribution in [0.2, 0.25) is 0 Å². The van der Waals surface area contributed by atoms with Gasteiger partial charge in [-0.25, -0.2) is 12.8 Å².